The van der Waals surface area contributed by atoms with Crippen molar-refractivity contribution in [1.29, 1.82) is 0 Å². The first-order valence-corrected chi connectivity index (χ1v) is 8.82. The van der Waals surface area contributed by atoms with Gasteiger partial charge < -0.3 is 0 Å². The van der Waals surface area contributed by atoms with Crippen molar-refractivity contribution in [3.05, 3.63) is 48.3 Å². The van der Waals surface area contributed by atoms with Crippen LogP contribution in [0.15, 0.2) is 41.9 Å². The Morgan fingerprint density at radius 1 is 1.23 bits per heavy atom. The van der Waals surface area contributed by atoms with Gasteiger partial charge >= 0.3 is 6.18 Å². The van der Waals surface area contributed by atoms with Crippen molar-refractivity contribution in [3.8, 4) is 11.6 Å². The Bertz CT molecular complexity index is 1050. The van der Waals surface area contributed by atoms with Gasteiger partial charge in [-0.1, -0.05) is 0 Å². The number of carbonyl (C=O) groups is 1. The molecule has 0 atom stereocenters. The fourth-order valence-corrected chi connectivity index (χ4v) is 2.81. The van der Waals surface area contributed by atoms with Gasteiger partial charge in [0.1, 0.15) is 6.33 Å². The van der Waals surface area contributed by atoms with E-state index in [1.165, 1.54) is 35.4 Å². The molecule has 12 heteroatoms. The van der Waals surface area contributed by atoms with Crippen LogP contribution in [-0.2, 0) is 16.0 Å². The minimum Gasteiger partial charge on any atom is -0.298 e. The average Bonchev–Trinajstić information content (AvgIpc) is 3.20. The smallest absolute Gasteiger partial charge is 0.298 e. The summed E-state index contributed by atoms with van der Waals surface area (Å²) in [5.41, 5.74) is -2.07. The van der Waals surface area contributed by atoms with E-state index in [2.05, 4.69) is 15.1 Å². The Morgan fingerprint density at radius 2 is 1.96 bits per heavy atom. The SMILES string of the molecule is CS(=O)(=O)c1ccc(-n2nc(C(F)(F)F)c(C=O)c2-n2ccnc2)nc1. The van der Waals surface area contributed by atoms with Crippen LogP contribution in [0.4, 0.5) is 13.2 Å². The third-order valence-electron chi connectivity index (χ3n) is 3.40. The van der Waals surface area contributed by atoms with Crippen LogP contribution in [0.3, 0.4) is 0 Å². The van der Waals surface area contributed by atoms with Gasteiger partial charge in [0.25, 0.3) is 0 Å². The van der Waals surface area contributed by atoms with E-state index in [0.717, 1.165) is 17.1 Å². The average molecular weight is 385 g/mol. The molecule has 0 unspecified atom stereocenters. The predicted molar refractivity (Wildman–Crippen MR) is 82.0 cm³/mol. The molecular weight excluding hydrogens is 375 g/mol. The lowest BCUT2D eigenvalue weighted by Gasteiger charge is -2.08. The molecule has 3 aromatic heterocycles. The molecule has 0 aromatic carbocycles. The number of aldehydes is 1. The highest BCUT2D eigenvalue weighted by Gasteiger charge is 2.40. The second-order valence-electron chi connectivity index (χ2n) is 5.21. The van der Waals surface area contributed by atoms with Crippen molar-refractivity contribution < 1.29 is 26.4 Å². The molecule has 0 spiro atoms. The summed E-state index contributed by atoms with van der Waals surface area (Å²) in [7, 11) is -3.53. The highest BCUT2D eigenvalue weighted by Crippen LogP contribution is 2.34. The third-order valence-corrected chi connectivity index (χ3v) is 4.50. The maximum absolute atomic E-state index is 13.2. The van der Waals surface area contributed by atoms with Crippen LogP contribution in [0.2, 0.25) is 0 Å². The molecule has 0 fully saturated rings. The topological polar surface area (TPSA) is 99.7 Å². The summed E-state index contributed by atoms with van der Waals surface area (Å²) in [5.74, 6) is -0.316. The van der Waals surface area contributed by atoms with Gasteiger partial charge in [-0.05, 0) is 12.1 Å². The van der Waals surface area contributed by atoms with E-state index in [9.17, 15) is 26.4 Å². The summed E-state index contributed by atoms with van der Waals surface area (Å²) in [4.78, 5) is 18.8. The highest BCUT2D eigenvalue weighted by molar-refractivity contribution is 7.90. The number of halogens is 3. The normalized spacial score (nSPS) is 12.3. The number of hydrogen-bond acceptors (Lipinski definition) is 6. The Balaban J connectivity index is 2.27. The fourth-order valence-electron chi connectivity index (χ4n) is 2.25. The Morgan fingerprint density at radius 3 is 2.42 bits per heavy atom. The van der Waals surface area contributed by atoms with Gasteiger partial charge in [0.2, 0.25) is 0 Å². The molecule has 3 heterocycles. The van der Waals surface area contributed by atoms with Gasteiger partial charge in [0, 0.05) is 24.8 Å². The standard InChI is InChI=1S/C14H10F3N5O3S/c1-26(24,25)9-2-3-11(19-6-9)22-13(21-5-4-18-8-21)10(7-23)12(20-22)14(15,16)17/h2-8H,1H3. The second kappa shape index (κ2) is 6.05. The number of rotatable bonds is 4. The molecule has 26 heavy (non-hydrogen) atoms. The van der Waals surface area contributed by atoms with Crippen LogP contribution in [0.5, 0.6) is 0 Å². The van der Waals surface area contributed by atoms with Crippen molar-refractivity contribution in [2.75, 3.05) is 6.26 Å². The van der Waals surface area contributed by atoms with Gasteiger partial charge in [0.05, 0.1) is 10.5 Å². The first kappa shape index (κ1) is 17.8. The Labute approximate surface area is 144 Å². The van der Waals surface area contributed by atoms with Crippen molar-refractivity contribution in [3.63, 3.8) is 0 Å². The van der Waals surface area contributed by atoms with E-state index in [1.807, 2.05) is 0 Å². The van der Waals surface area contributed by atoms with Crippen molar-refractivity contribution in [1.82, 2.24) is 24.3 Å². The number of imidazole rings is 1. The Hall–Kier alpha value is -3.02. The molecule has 3 rings (SSSR count). The number of hydrogen-bond donors (Lipinski definition) is 0. The van der Waals surface area contributed by atoms with E-state index in [0.29, 0.717) is 0 Å². The molecule has 0 saturated carbocycles. The molecule has 0 saturated heterocycles. The summed E-state index contributed by atoms with van der Waals surface area (Å²) in [5, 5.41) is 3.47. The summed E-state index contributed by atoms with van der Waals surface area (Å²) in [6.07, 6.45) is 1.01. The predicted octanol–water partition coefficient (Wildman–Crippen LogP) is 1.69. The molecule has 0 aliphatic rings. The molecule has 0 radical (unpaired) electrons. The molecule has 0 N–H and O–H groups in total. The number of sulfone groups is 1. The molecule has 136 valence electrons. The zero-order valence-electron chi connectivity index (χ0n) is 13.0. The van der Waals surface area contributed by atoms with Crippen LogP contribution in [0.1, 0.15) is 16.1 Å². The second-order valence-corrected chi connectivity index (χ2v) is 7.22. The van der Waals surface area contributed by atoms with E-state index in [1.54, 1.807) is 0 Å². The first-order valence-electron chi connectivity index (χ1n) is 6.93. The third kappa shape index (κ3) is 3.10. The molecular formula is C14H10F3N5O3S. The highest BCUT2D eigenvalue weighted by atomic mass is 32.2. The van der Waals surface area contributed by atoms with E-state index >= 15 is 0 Å². The fraction of sp³-hybridized carbons (Fsp3) is 0.143. The van der Waals surface area contributed by atoms with Gasteiger partial charge in [-0.2, -0.15) is 23.0 Å². The largest absolute Gasteiger partial charge is 0.435 e. The van der Waals surface area contributed by atoms with Crippen molar-refractivity contribution >= 4 is 16.1 Å². The van der Waals surface area contributed by atoms with Crippen LogP contribution < -0.4 is 0 Å². The maximum atomic E-state index is 13.2. The number of pyridine rings is 1. The number of nitrogens with zero attached hydrogens (tertiary/aromatic N) is 5. The molecule has 0 bridgehead atoms. The minimum absolute atomic E-state index is 0.0481. The molecule has 0 aliphatic heterocycles. The zero-order chi connectivity index (χ0) is 19.1. The van der Waals surface area contributed by atoms with E-state index in [4.69, 9.17) is 0 Å². The molecule has 3 aromatic rings. The maximum Gasteiger partial charge on any atom is 0.435 e. The van der Waals surface area contributed by atoms with Gasteiger partial charge in [-0.25, -0.2) is 18.4 Å². The zero-order valence-corrected chi connectivity index (χ0v) is 13.9. The lowest BCUT2D eigenvalue weighted by molar-refractivity contribution is -0.141. The van der Waals surface area contributed by atoms with Gasteiger partial charge in [0.15, 0.2) is 33.5 Å². The molecule has 0 aliphatic carbocycles. The summed E-state index contributed by atoms with van der Waals surface area (Å²) >= 11 is 0. The number of aromatic nitrogens is 5. The lowest BCUT2D eigenvalue weighted by Crippen LogP contribution is -2.10. The van der Waals surface area contributed by atoms with Crippen molar-refractivity contribution in [2.45, 2.75) is 11.1 Å². The number of alkyl halides is 3. The van der Waals surface area contributed by atoms with Crippen molar-refractivity contribution in [2.24, 2.45) is 0 Å². The monoisotopic (exact) mass is 385 g/mol. The lowest BCUT2D eigenvalue weighted by atomic mass is 10.2. The van der Waals surface area contributed by atoms with Gasteiger partial charge in [-0.3, -0.25) is 9.36 Å². The first-order chi connectivity index (χ1) is 12.1. The van der Waals surface area contributed by atoms with E-state index in [-0.39, 0.29) is 22.8 Å². The van der Waals surface area contributed by atoms with Gasteiger partial charge in [-0.15, -0.1) is 0 Å². The molecule has 8 nitrogen and oxygen atoms in total. The van der Waals surface area contributed by atoms with Crippen LogP contribution in [0, 0.1) is 0 Å². The van der Waals surface area contributed by atoms with Crippen LogP contribution in [-0.4, -0.2) is 45.3 Å². The van der Waals surface area contributed by atoms with Crippen LogP contribution in [0.25, 0.3) is 11.6 Å². The quantitative estimate of drug-likeness (QED) is 0.634. The number of carbonyl (C=O) groups excluding carboxylic acids is 1. The Kier molecular flexibility index (Phi) is 4.14. The summed E-state index contributed by atoms with van der Waals surface area (Å²) < 4.78 is 64.7. The summed E-state index contributed by atoms with van der Waals surface area (Å²) in [6, 6.07) is 2.38. The van der Waals surface area contributed by atoms with E-state index < -0.39 is 27.3 Å². The minimum atomic E-state index is -4.87. The van der Waals surface area contributed by atoms with Crippen LogP contribution >= 0.6 is 0 Å². The summed E-state index contributed by atoms with van der Waals surface area (Å²) in [6.45, 7) is 0. The molecule has 0 amide bonds.